The molecule has 0 saturated carbocycles. The molecular formula is C18H15N3O2. The van der Waals surface area contributed by atoms with Gasteiger partial charge in [0.05, 0.1) is 11.9 Å². The summed E-state index contributed by atoms with van der Waals surface area (Å²) in [6.45, 7) is 0. The largest absolute Gasteiger partial charge is 0.507 e. The van der Waals surface area contributed by atoms with Crippen molar-refractivity contribution in [3.63, 3.8) is 0 Å². The lowest BCUT2D eigenvalue weighted by Gasteiger charge is -2.11. The molecule has 0 fully saturated rings. The van der Waals surface area contributed by atoms with E-state index in [9.17, 15) is 5.11 Å². The number of aromatic nitrogens is 2. The van der Waals surface area contributed by atoms with Gasteiger partial charge >= 0.3 is 0 Å². The molecule has 0 aliphatic rings. The number of phenols is 1. The van der Waals surface area contributed by atoms with Crippen LogP contribution in [0.3, 0.4) is 0 Å². The average Bonchev–Trinajstić information content (AvgIpc) is 2.59. The van der Waals surface area contributed by atoms with Gasteiger partial charge in [-0.15, -0.1) is 0 Å². The van der Waals surface area contributed by atoms with E-state index in [0.29, 0.717) is 23.2 Å². The zero-order valence-corrected chi connectivity index (χ0v) is 12.3. The maximum Gasteiger partial charge on any atom is 0.133 e. The molecule has 5 nitrogen and oxygen atoms in total. The van der Waals surface area contributed by atoms with Gasteiger partial charge in [0.2, 0.25) is 0 Å². The number of hydrogen-bond donors (Lipinski definition) is 2. The predicted molar refractivity (Wildman–Crippen MR) is 87.8 cm³/mol. The highest BCUT2D eigenvalue weighted by Crippen LogP contribution is 2.32. The molecule has 2 N–H and O–H groups in total. The van der Waals surface area contributed by atoms with Crippen LogP contribution in [0.5, 0.6) is 5.75 Å². The van der Waals surface area contributed by atoms with Crippen molar-refractivity contribution >= 4 is 6.21 Å². The quantitative estimate of drug-likeness (QED) is 0.440. The summed E-state index contributed by atoms with van der Waals surface area (Å²) < 4.78 is 0. The number of nitrogens with zero attached hydrogens (tertiary/aromatic N) is 3. The van der Waals surface area contributed by atoms with Crippen molar-refractivity contribution in [1.29, 1.82) is 0 Å². The third-order valence-corrected chi connectivity index (χ3v) is 3.49. The molecule has 0 spiro atoms. The van der Waals surface area contributed by atoms with Crippen molar-refractivity contribution < 1.29 is 10.3 Å². The van der Waals surface area contributed by atoms with Gasteiger partial charge in [0, 0.05) is 29.7 Å². The number of oxime groups is 1. The van der Waals surface area contributed by atoms with Crippen LogP contribution >= 0.6 is 0 Å². The molecule has 2 heterocycles. The van der Waals surface area contributed by atoms with Crippen LogP contribution in [-0.4, -0.2) is 26.5 Å². The Morgan fingerprint density at radius 1 is 1.00 bits per heavy atom. The molecule has 23 heavy (non-hydrogen) atoms. The minimum Gasteiger partial charge on any atom is -0.507 e. The first-order chi connectivity index (χ1) is 11.3. The summed E-state index contributed by atoms with van der Waals surface area (Å²) >= 11 is 0. The Morgan fingerprint density at radius 3 is 2.52 bits per heavy atom. The molecular weight excluding hydrogens is 290 g/mol. The van der Waals surface area contributed by atoms with Crippen LogP contribution in [0, 0.1) is 0 Å². The summed E-state index contributed by atoms with van der Waals surface area (Å²) in [5.41, 5.74) is 3.79. The van der Waals surface area contributed by atoms with Crippen LogP contribution < -0.4 is 0 Å². The molecule has 2 aromatic heterocycles. The number of phenolic OH excluding ortho intramolecular Hbond substituents is 1. The topological polar surface area (TPSA) is 78.6 Å². The van der Waals surface area contributed by atoms with E-state index in [-0.39, 0.29) is 5.75 Å². The van der Waals surface area contributed by atoms with E-state index in [1.54, 1.807) is 24.7 Å². The summed E-state index contributed by atoms with van der Waals surface area (Å²) in [5.74, 6) is 0.0416. The van der Waals surface area contributed by atoms with Gasteiger partial charge in [-0.1, -0.05) is 11.2 Å². The van der Waals surface area contributed by atoms with Crippen molar-refractivity contribution in [2.24, 2.45) is 5.16 Å². The highest BCUT2D eigenvalue weighted by atomic mass is 16.4. The van der Waals surface area contributed by atoms with Gasteiger partial charge in [-0.25, -0.2) is 0 Å². The van der Waals surface area contributed by atoms with Gasteiger partial charge in [0.1, 0.15) is 5.75 Å². The van der Waals surface area contributed by atoms with Gasteiger partial charge in [-0.05, 0) is 53.9 Å². The van der Waals surface area contributed by atoms with Crippen molar-refractivity contribution in [3.05, 3.63) is 77.7 Å². The van der Waals surface area contributed by atoms with E-state index >= 15 is 0 Å². The molecule has 0 aliphatic carbocycles. The lowest BCUT2D eigenvalue weighted by molar-refractivity contribution is 0.321. The van der Waals surface area contributed by atoms with E-state index in [1.807, 2.05) is 36.4 Å². The zero-order valence-electron chi connectivity index (χ0n) is 12.3. The smallest absolute Gasteiger partial charge is 0.133 e. The Morgan fingerprint density at radius 2 is 1.83 bits per heavy atom. The Labute approximate surface area is 133 Å². The lowest BCUT2D eigenvalue weighted by atomic mass is 9.97. The summed E-state index contributed by atoms with van der Waals surface area (Å²) in [5, 5.41) is 22.3. The second-order valence-corrected chi connectivity index (χ2v) is 5.07. The molecule has 5 heteroatoms. The third-order valence-electron chi connectivity index (χ3n) is 3.49. The predicted octanol–water partition coefficient (Wildman–Crippen LogP) is 3.25. The fraction of sp³-hybridized carbons (Fsp3) is 0.0556. The van der Waals surface area contributed by atoms with E-state index in [4.69, 9.17) is 5.21 Å². The summed E-state index contributed by atoms with van der Waals surface area (Å²) in [4.78, 5) is 8.29. The molecule has 0 saturated heterocycles. The van der Waals surface area contributed by atoms with E-state index in [0.717, 1.165) is 11.1 Å². The minimum absolute atomic E-state index is 0.0416. The van der Waals surface area contributed by atoms with Crippen LogP contribution in [0.4, 0.5) is 0 Å². The van der Waals surface area contributed by atoms with Crippen molar-refractivity contribution in [3.8, 4) is 17.0 Å². The molecule has 0 atom stereocenters. The van der Waals surface area contributed by atoms with Gasteiger partial charge < -0.3 is 10.3 Å². The number of hydrogen-bond acceptors (Lipinski definition) is 5. The summed E-state index contributed by atoms with van der Waals surface area (Å²) in [6.07, 6.45) is 7.05. The van der Waals surface area contributed by atoms with E-state index in [1.165, 1.54) is 6.21 Å². The Kier molecular flexibility index (Phi) is 4.29. The first kappa shape index (κ1) is 14.7. The highest BCUT2D eigenvalue weighted by Gasteiger charge is 2.12. The fourth-order valence-corrected chi connectivity index (χ4v) is 2.44. The van der Waals surface area contributed by atoms with Crippen molar-refractivity contribution in [1.82, 2.24) is 9.97 Å². The molecule has 1 aromatic carbocycles. The molecule has 0 aliphatic heterocycles. The van der Waals surface area contributed by atoms with Crippen LogP contribution in [0.1, 0.15) is 16.7 Å². The van der Waals surface area contributed by atoms with Crippen LogP contribution in [0.2, 0.25) is 0 Å². The second kappa shape index (κ2) is 6.70. The SMILES string of the molecule is ON=Cc1cc(Cc2ccncc2)cc(-c2ccccn2)c1O. The number of aromatic hydroxyl groups is 1. The Balaban J connectivity index is 2.08. The van der Waals surface area contributed by atoms with Gasteiger partial charge in [-0.3, -0.25) is 9.97 Å². The molecule has 0 radical (unpaired) electrons. The van der Waals surface area contributed by atoms with Crippen LogP contribution in [0.25, 0.3) is 11.3 Å². The number of rotatable bonds is 4. The van der Waals surface area contributed by atoms with Crippen molar-refractivity contribution in [2.45, 2.75) is 6.42 Å². The monoisotopic (exact) mass is 305 g/mol. The molecule has 0 bridgehead atoms. The first-order valence-electron chi connectivity index (χ1n) is 7.11. The number of pyridine rings is 2. The van der Waals surface area contributed by atoms with Gasteiger partial charge in [-0.2, -0.15) is 0 Å². The molecule has 3 rings (SSSR count). The fourth-order valence-electron chi connectivity index (χ4n) is 2.44. The third kappa shape index (κ3) is 3.35. The second-order valence-electron chi connectivity index (χ2n) is 5.07. The Hall–Kier alpha value is -3.21. The molecule has 0 unspecified atom stereocenters. The zero-order chi connectivity index (χ0) is 16.1. The van der Waals surface area contributed by atoms with Gasteiger partial charge in [0.25, 0.3) is 0 Å². The number of benzene rings is 1. The molecule has 3 aromatic rings. The van der Waals surface area contributed by atoms with Crippen LogP contribution in [0.15, 0.2) is 66.2 Å². The van der Waals surface area contributed by atoms with Gasteiger partial charge in [0.15, 0.2) is 0 Å². The standard InChI is InChI=1S/C18H15N3O2/c22-18-15(12-21-23)10-14(9-13-4-7-19-8-5-13)11-16(18)17-3-1-2-6-20-17/h1-8,10-12,22-23H,9H2. The summed E-state index contributed by atoms with van der Waals surface area (Å²) in [6, 6.07) is 13.1. The van der Waals surface area contributed by atoms with E-state index in [2.05, 4.69) is 15.1 Å². The summed E-state index contributed by atoms with van der Waals surface area (Å²) in [7, 11) is 0. The van der Waals surface area contributed by atoms with Crippen LogP contribution in [-0.2, 0) is 6.42 Å². The normalized spacial score (nSPS) is 11.0. The lowest BCUT2D eigenvalue weighted by Crippen LogP contribution is -1.95. The maximum atomic E-state index is 10.4. The maximum absolute atomic E-state index is 10.4. The molecule has 114 valence electrons. The van der Waals surface area contributed by atoms with Crippen molar-refractivity contribution in [2.75, 3.05) is 0 Å². The molecule has 0 amide bonds. The highest BCUT2D eigenvalue weighted by molar-refractivity contribution is 5.88. The Bertz CT molecular complexity index is 818. The average molecular weight is 305 g/mol. The van der Waals surface area contributed by atoms with E-state index < -0.39 is 0 Å². The minimum atomic E-state index is 0.0416. The first-order valence-corrected chi connectivity index (χ1v) is 7.11.